The quantitative estimate of drug-likeness (QED) is 0.414. The van der Waals surface area contributed by atoms with Gasteiger partial charge in [0.05, 0.1) is 31.4 Å². The number of hydrogen-bond donors (Lipinski definition) is 2. The molecule has 0 radical (unpaired) electrons. The largest absolute Gasteiger partial charge is 0.495 e. The van der Waals surface area contributed by atoms with Crippen LogP contribution in [0.4, 0.5) is 5.69 Å². The van der Waals surface area contributed by atoms with Gasteiger partial charge < -0.3 is 14.8 Å². The highest BCUT2D eigenvalue weighted by Crippen LogP contribution is 2.35. The average molecular weight is 440 g/mol. The molecule has 0 aromatic heterocycles. The van der Waals surface area contributed by atoms with Gasteiger partial charge in [0.15, 0.2) is 0 Å². The van der Waals surface area contributed by atoms with Crippen molar-refractivity contribution in [1.82, 2.24) is 5.43 Å². The number of fused-ring (bicyclic) bond motifs is 1. The summed E-state index contributed by atoms with van der Waals surface area (Å²) in [5.41, 5.74) is 3.88. The van der Waals surface area contributed by atoms with Crippen molar-refractivity contribution in [2.24, 2.45) is 5.10 Å². The maximum Gasteiger partial charge on any atom is 0.271 e. The Kier molecular flexibility index (Phi) is 7.10. The maximum atomic E-state index is 12.6. The van der Waals surface area contributed by atoms with E-state index in [4.69, 9.17) is 21.1 Å². The Bertz CT molecular complexity index is 1160. The topological polar surface area (TPSA) is 89.0 Å². The molecule has 2 N–H and O–H groups in total. The molecule has 7 nitrogen and oxygen atoms in total. The number of rotatable bonds is 7. The summed E-state index contributed by atoms with van der Waals surface area (Å²) in [6, 6.07) is 16.2. The Labute approximate surface area is 185 Å². The molecule has 2 amide bonds. The third kappa shape index (κ3) is 5.32. The first kappa shape index (κ1) is 22.1. The Morgan fingerprint density at radius 1 is 1.00 bits per heavy atom. The van der Waals surface area contributed by atoms with E-state index in [1.54, 1.807) is 25.1 Å². The molecule has 0 aliphatic rings. The number of hydrogen-bond acceptors (Lipinski definition) is 5. The molecule has 8 heteroatoms. The zero-order valence-electron chi connectivity index (χ0n) is 17.4. The van der Waals surface area contributed by atoms with Crippen LogP contribution in [0.25, 0.3) is 10.8 Å². The van der Waals surface area contributed by atoms with E-state index in [0.717, 1.165) is 10.8 Å². The van der Waals surface area contributed by atoms with Gasteiger partial charge in [0.2, 0.25) is 5.91 Å². The normalized spacial score (nSPS) is 11.2. The molecule has 0 aliphatic carbocycles. The lowest BCUT2D eigenvalue weighted by Gasteiger charge is -2.13. The molecule has 0 saturated heterocycles. The standard InChI is InChI=1S/C23H22ClN3O4/c1-14(11-22(28)25-19-13-20(30-2)18(24)12-21(19)31-3)26-27-23(29)17-10-6-8-15-7-4-5-9-16(15)17/h4-10,12-13H,11H2,1-3H3,(H,25,28)(H,27,29)/b26-14-. The summed E-state index contributed by atoms with van der Waals surface area (Å²) in [5, 5.41) is 8.96. The minimum Gasteiger partial charge on any atom is -0.495 e. The van der Waals surface area contributed by atoms with E-state index in [-0.39, 0.29) is 18.2 Å². The van der Waals surface area contributed by atoms with E-state index in [0.29, 0.717) is 33.5 Å². The first-order valence-corrected chi connectivity index (χ1v) is 9.83. The Morgan fingerprint density at radius 3 is 2.45 bits per heavy atom. The molecule has 0 fully saturated rings. The lowest BCUT2D eigenvalue weighted by atomic mass is 10.0. The fraction of sp³-hybridized carbons (Fsp3) is 0.174. The van der Waals surface area contributed by atoms with Crippen LogP contribution >= 0.6 is 11.6 Å². The highest BCUT2D eigenvalue weighted by Gasteiger charge is 2.14. The molecule has 0 bridgehead atoms. The second-order valence-corrected chi connectivity index (χ2v) is 7.13. The van der Waals surface area contributed by atoms with E-state index in [1.807, 2.05) is 36.4 Å². The first-order chi connectivity index (χ1) is 14.9. The van der Waals surface area contributed by atoms with E-state index < -0.39 is 0 Å². The third-order valence-corrected chi connectivity index (χ3v) is 4.84. The number of carbonyl (C=O) groups is 2. The van der Waals surface area contributed by atoms with Crippen LogP contribution in [0.2, 0.25) is 5.02 Å². The lowest BCUT2D eigenvalue weighted by molar-refractivity contribution is -0.115. The average Bonchev–Trinajstić information content (AvgIpc) is 2.77. The summed E-state index contributed by atoms with van der Waals surface area (Å²) in [4.78, 5) is 25.0. The summed E-state index contributed by atoms with van der Waals surface area (Å²) < 4.78 is 10.4. The second kappa shape index (κ2) is 9.95. The van der Waals surface area contributed by atoms with Crippen molar-refractivity contribution in [3.63, 3.8) is 0 Å². The van der Waals surface area contributed by atoms with Crippen LogP contribution in [0.1, 0.15) is 23.7 Å². The van der Waals surface area contributed by atoms with Crippen molar-refractivity contribution < 1.29 is 19.1 Å². The van der Waals surface area contributed by atoms with Crippen molar-refractivity contribution in [2.45, 2.75) is 13.3 Å². The van der Waals surface area contributed by atoms with Crippen molar-refractivity contribution in [3.05, 3.63) is 65.2 Å². The Hall–Kier alpha value is -3.58. The fourth-order valence-electron chi connectivity index (χ4n) is 3.05. The van der Waals surface area contributed by atoms with Crippen LogP contribution in [-0.4, -0.2) is 31.7 Å². The minimum atomic E-state index is -0.347. The third-order valence-electron chi connectivity index (χ3n) is 4.55. The predicted molar refractivity (Wildman–Crippen MR) is 122 cm³/mol. The number of halogens is 1. The number of methoxy groups -OCH3 is 2. The fourth-order valence-corrected chi connectivity index (χ4v) is 3.29. The smallest absolute Gasteiger partial charge is 0.271 e. The number of carbonyl (C=O) groups excluding carboxylic acids is 2. The molecule has 0 saturated carbocycles. The van der Waals surface area contributed by atoms with Crippen molar-refractivity contribution in [3.8, 4) is 11.5 Å². The molecule has 3 aromatic carbocycles. The zero-order chi connectivity index (χ0) is 22.4. The number of nitrogens with zero attached hydrogens (tertiary/aromatic N) is 1. The minimum absolute atomic E-state index is 0.0239. The molecule has 0 atom stereocenters. The number of ether oxygens (including phenoxy) is 2. The van der Waals surface area contributed by atoms with E-state index in [1.165, 1.54) is 14.2 Å². The van der Waals surface area contributed by atoms with Crippen LogP contribution in [0.5, 0.6) is 11.5 Å². The SMILES string of the molecule is COc1cc(NC(=O)C/C(C)=N\NC(=O)c2cccc3ccccc23)c(OC)cc1Cl. The zero-order valence-corrected chi connectivity index (χ0v) is 18.1. The molecule has 0 unspecified atom stereocenters. The van der Waals surface area contributed by atoms with Crippen LogP contribution in [0, 0.1) is 0 Å². The summed E-state index contributed by atoms with van der Waals surface area (Å²) in [6.07, 6.45) is -0.0239. The number of benzene rings is 3. The molecule has 0 heterocycles. The molecule has 0 aliphatic heterocycles. The van der Waals surface area contributed by atoms with Gasteiger partial charge in [0, 0.05) is 23.4 Å². The number of nitrogens with one attached hydrogen (secondary N) is 2. The molecule has 3 aromatic rings. The van der Waals surface area contributed by atoms with Gasteiger partial charge in [0.1, 0.15) is 11.5 Å². The molecular formula is C23H22ClN3O4. The van der Waals surface area contributed by atoms with Crippen LogP contribution in [0.3, 0.4) is 0 Å². The van der Waals surface area contributed by atoms with Crippen LogP contribution < -0.4 is 20.2 Å². The monoisotopic (exact) mass is 439 g/mol. The molecule has 0 spiro atoms. The van der Waals surface area contributed by atoms with E-state index in [2.05, 4.69) is 15.8 Å². The Morgan fingerprint density at radius 2 is 1.71 bits per heavy atom. The number of anilines is 1. The number of hydrazone groups is 1. The molecule has 31 heavy (non-hydrogen) atoms. The highest BCUT2D eigenvalue weighted by atomic mass is 35.5. The van der Waals surface area contributed by atoms with Crippen LogP contribution in [0.15, 0.2) is 59.7 Å². The van der Waals surface area contributed by atoms with Gasteiger partial charge in [-0.3, -0.25) is 9.59 Å². The lowest BCUT2D eigenvalue weighted by Crippen LogP contribution is -2.21. The van der Waals surface area contributed by atoms with Crippen molar-refractivity contribution >= 4 is 45.6 Å². The van der Waals surface area contributed by atoms with Gasteiger partial charge in [0.25, 0.3) is 5.91 Å². The van der Waals surface area contributed by atoms with Gasteiger partial charge in [-0.2, -0.15) is 5.10 Å². The highest BCUT2D eigenvalue weighted by molar-refractivity contribution is 6.32. The molecular weight excluding hydrogens is 418 g/mol. The Balaban J connectivity index is 1.67. The van der Waals surface area contributed by atoms with Gasteiger partial charge in [-0.1, -0.05) is 48.0 Å². The molecule has 160 valence electrons. The van der Waals surface area contributed by atoms with Gasteiger partial charge in [-0.25, -0.2) is 5.43 Å². The summed E-state index contributed by atoms with van der Waals surface area (Å²) in [7, 11) is 2.96. The van der Waals surface area contributed by atoms with Gasteiger partial charge in [-0.15, -0.1) is 0 Å². The van der Waals surface area contributed by atoms with Crippen molar-refractivity contribution in [1.29, 1.82) is 0 Å². The van der Waals surface area contributed by atoms with Gasteiger partial charge in [-0.05, 0) is 23.8 Å². The van der Waals surface area contributed by atoms with Crippen LogP contribution in [-0.2, 0) is 4.79 Å². The predicted octanol–water partition coefficient (Wildman–Crippen LogP) is 4.64. The van der Waals surface area contributed by atoms with Gasteiger partial charge >= 0.3 is 0 Å². The van der Waals surface area contributed by atoms with Crippen molar-refractivity contribution in [2.75, 3.05) is 19.5 Å². The maximum absolute atomic E-state index is 12.6. The number of amides is 2. The molecule has 3 rings (SSSR count). The summed E-state index contributed by atoms with van der Waals surface area (Å²) in [5.74, 6) is 0.132. The second-order valence-electron chi connectivity index (χ2n) is 6.73. The summed E-state index contributed by atoms with van der Waals surface area (Å²) in [6.45, 7) is 1.66. The first-order valence-electron chi connectivity index (χ1n) is 9.45. The summed E-state index contributed by atoms with van der Waals surface area (Å²) >= 11 is 6.08. The van der Waals surface area contributed by atoms with E-state index >= 15 is 0 Å². The van der Waals surface area contributed by atoms with E-state index in [9.17, 15) is 9.59 Å².